The smallest absolute Gasteiger partial charge is 0.369 e. The molecule has 0 amide bonds. The number of hydrogen-bond acceptors (Lipinski definition) is 6. The summed E-state index contributed by atoms with van der Waals surface area (Å²) in [4.78, 5) is 12.5. The summed E-state index contributed by atoms with van der Waals surface area (Å²) in [6, 6.07) is -0.323. The molecule has 176 valence electrons. The van der Waals surface area contributed by atoms with Crippen molar-refractivity contribution in [3.8, 4) is 5.88 Å². The summed E-state index contributed by atoms with van der Waals surface area (Å²) < 4.78 is 21.3. The van der Waals surface area contributed by atoms with E-state index in [1.165, 1.54) is 31.0 Å². The maximum atomic E-state index is 12.5. The van der Waals surface area contributed by atoms with Crippen molar-refractivity contribution < 1.29 is 30.2 Å². The van der Waals surface area contributed by atoms with Crippen LogP contribution in [0.3, 0.4) is 0 Å². The van der Waals surface area contributed by atoms with Crippen LogP contribution in [0, 0.1) is 0 Å². The zero-order chi connectivity index (χ0) is 22.7. The number of likely N-dealkylation sites (N-methyl/N-ethyl adjacent to an activating group) is 1. The Kier molecular flexibility index (Phi) is 10.9. The van der Waals surface area contributed by atoms with Gasteiger partial charge in [0.15, 0.2) is 6.04 Å². The molecule has 2 rings (SSSR count). The zero-order valence-electron chi connectivity index (χ0n) is 19.6. The van der Waals surface area contributed by atoms with Crippen molar-refractivity contribution in [1.82, 2.24) is 8.75 Å². The minimum atomic E-state index is -0.323. The minimum Gasteiger partial charge on any atom is -0.475 e. The highest BCUT2D eigenvalue weighted by Gasteiger charge is 2.37. The average Bonchev–Trinajstić information content (AvgIpc) is 3.22. The quantitative estimate of drug-likeness (QED) is 0.251. The van der Waals surface area contributed by atoms with Crippen LogP contribution in [0.1, 0.15) is 70.9 Å². The molecule has 2 heterocycles. The molecule has 1 aliphatic rings. The van der Waals surface area contributed by atoms with E-state index in [4.69, 9.17) is 9.47 Å². The number of ether oxygens (including phenoxy) is 2. The van der Waals surface area contributed by atoms with Crippen molar-refractivity contribution in [2.75, 3.05) is 33.3 Å². The second-order valence-electron chi connectivity index (χ2n) is 8.79. The molecular weight excluding hydrogens is 414 g/mol. The van der Waals surface area contributed by atoms with Crippen molar-refractivity contribution in [2.45, 2.75) is 77.5 Å². The lowest BCUT2D eigenvalue weighted by molar-refractivity contribution is -0.944. The first kappa shape index (κ1) is 25.7. The third-order valence-corrected chi connectivity index (χ3v) is 6.62. The number of carbonyl (C=O) groups is 1. The monoisotopic (exact) mass is 456 g/mol. The zero-order valence-corrected chi connectivity index (χ0v) is 20.4. The Bertz CT molecular complexity index is 711. The van der Waals surface area contributed by atoms with Crippen LogP contribution in [0.4, 0.5) is 0 Å². The fourth-order valence-electron chi connectivity index (χ4n) is 3.79. The number of unbranched alkanes of at least 4 members (excludes halogenated alkanes) is 4. The summed E-state index contributed by atoms with van der Waals surface area (Å²) in [5.41, 5.74) is 9.80. The summed E-state index contributed by atoms with van der Waals surface area (Å²) >= 11 is 1.19. The van der Waals surface area contributed by atoms with Crippen LogP contribution in [0.5, 0.6) is 5.88 Å². The molecule has 0 saturated heterocycles. The van der Waals surface area contributed by atoms with E-state index < -0.39 is 0 Å². The largest absolute Gasteiger partial charge is 0.475 e. The average molecular weight is 457 g/mol. The second-order valence-corrected chi connectivity index (χ2v) is 9.32. The molecule has 9 heteroatoms. The Morgan fingerprint density at radius 2 is 2.06 bits per heavy atom. The molecule has 2 unspecified atom stereocenters. The molecule has 3 atom stereocenters. The van der Waals surface area contributed by atoms with E-state index in [0.717, 1.165) is 63.0 Å². The Labute approximate surface area is 190 Å². The number of quaternary nitrogens is 3. The normalized spacial score (nSPS) is 20.7. The first-order valence-electron chi connectivity index (χ1n) is 11.7. The van der Waals surface area contributed by atoms with Gasteiger partial charge in [-0.3, -0.25) is 4.48 Å². The van der Waals surface area contributed by atoms with Gasteiger partial charge in [0.05, 0.1) is 38.5 Å². The van der Waals surface area contributed by atoms with Gasteiger partial charge in [-0.25, -0.2) is 4.79 Å². The third kappa shape index (κ3) is 7.82. The van der Waals surface area contributed by atoms with Gasteiger partial charge in [-0.15, -0.1) is 4.37 Å². The fourth-order valence-corrected chi connectivity index (χ4v) is 4.33. The summed E-state index contributed by atoms with van der Waals surface area (Å²) in [7, 11) is 2.14. The molecule has 8 nitrogen and oxygen atoms in total. The molecule has 1 aromatic rings. The lowest BCUT2D eigenvalue weighted by atomic mass is 10.0. The first-order valence-corrected chi connectivity index (χ1v) is 12.5. The topological polar surface area (TPSA) is 117 Å². The highest BCUT2D eigenvalue weighted by atomic mass is 32.1. The highest BCUT2D eigenvalue weighted by Crippen LogP contribution is 2.31. The van der Waals surface area contributed by atoms with Crippen LogP contribution in [0.25, 0.3) is 5.57 Å². The molecule has 1 aromatic heterocycles. The first-order chi connectivity index (χ1) is 14.9. The SMILES string of the molecule is CCCCCCOc1nsnc1C1=CCC[N+](C)(C(C)OC(=O)[C@@H]([NH3+])CCCC[NH3+])C1. The number of aromatic nitrogens is 2. The maximum absolute atomic E-state index is 12.5. The molecule has 0 bridgehead atoms. The van der Waals surface area contributed by atoms with Crippen molar-refractivity contribution in [3.63, 3.8) is 0 Å². The van der Waals surface area contributed by atoms with Gasteiger partial charge >= 0.3 is 5.97 Å². The lowest BCUT2D eigenvalue weighted by Crippen LogP contribution is -2.66. The highest BCUT2D eigenvalue weighted by molar-refractivity contribution is 6.99. The van der Waals surface area contributed by atoms with Crippen LogP contribution >= 0.6 is 11.7 Å². The molecule has 0 spiro atoms. The number of carbonyl (C=O) groups excluding carboxylic acids is 1. The predicted molar refractivity (Wildman–Crippen MR) is 122 cm³/mol. The lowest BCUT2D eigenvalue weighted by Gasteiger charge is -2.41. The van der Waals surface area contributed by atoms with Crippen LogP contribution in [-0.4, -0.2) is 64.8 Å². The van der Waals surface area contributed by atoms with E-state index >= 15 is 0 Å². The van der Waals surface area contributed by atoms with Crippen LogP contribution in [0.2, 0.25) is 0 Å². The molecule has 31 heavy (non-hydrogen) atoms. The van der Waals surface area contributed by atoms with E-state index in [2.05, 4.69) is 40.3 Å². The van der Waals surface area contributed by atoms with Gasteiger partial charge in [0, 0.05) is 25.3 Å². The Morgan fingerprint density at radius 1 is 1.26 bits per heavy atom. The van der Waals surface area contributed by atoms with E-state index in [1.54, 1.807) is 0 Å². The molecule has 0 aromatic carbocycles. The van der Waals surface area contributed by atoms with E-state index in [9.17, 15) is 4.79 Å². The van der Waals surface area contributed by atoms with Crippen LogP contribution < -0.4 is 16.2 Å². The Hall–Kier alpha value is -1.55. The standard InChI is InChI=1S/C22H40N5O3S/c1-4-5-6-9-15-29-21-20(25-31-26-21)18-11-10-14-27(3,16-18)17(2)30-22(28)19(24)12-7-8-13-23/h11,17,19H,4-10,12-16,23-24H2,1-3H3/q+1/p+2/t17?,19-,27?/m0/s1. The van der Waals surface area contributed by atoms with Crippen molar-refractivity contribution in [1.29, 1.82) is 0 Å². The van der Waals surface area contributed by atoms with E-state index in [-0.39, 0.29) is 18.2 Å². The summed E-state index contributed by atoms with van der Waals surface area (Å²) in [6.45, 7) is 7.38. The minimum absolute atomic E-state index is 0.210. The molecule has 0 fully saturated rings. The predicted octanol–water partition coefficient (Wildman–Crippen LogP) is 1.64. The summed E-state index contributed by atoms with van der Waals surface area (Å²) in [5, 5.41) is 0. The van der Waals surface area contributed by atoms with Crippen molar-refractivity contribution >= 4 is 23.3 Å². The van der Waals surface area contributed by atoms with Crippen molar-refractivity contribution in [3.05, 3.63) is 11.8 Å². The molecule has 1 aliphatic heterocycles. The number of nitrogens with zero attached hydrogens (tertiary/aromatic N) is 3. The number of esters is 1. The Balaban J connectivity index is 1.94. The maximum Gasteiger partial charge on any atom is 0.369 e. The molecule has 0 radical (unpaired) electrons. The van der Waals surface area contributed by atoms with Gasteiger partial charge in [0.25, 0.3) is 5.88 Å². The summed E-state index contributed by atoms with van der Waals surface area (Å²) in [5.74, 6) is 0.424. The molecule has 0 saturated carbocycles. The fraction of sp³-hybridized carbons (Fsp3) is 0.773. The van der Waals surface area contributed by atoms with E-state index in [0.29, 0.717) is 17.0 Å². The molecule has 0 aliphatic carbocycles. The van der Waals surface area contributed by atoms with Gasteiger partial charge in [0.1, 0.15) is 12.2 Å². The van der Waals surface area contributed by atoms with Crippen LogP contribution in [-0.2, 0) is 9.53 Å². The van der Waals surface area contributed by atoms with Gasteiger partial charge in [-0.1, -0.05) is 32.3 Å². The third-order valence-electron chi connectivity index (χ3n) is 6.11. The van der Waals surface area contributed by atoms with Gasteiger partial charge in [-0.2, -0.15) is 4.37 Å². The molecular formula is C22H42N5O3S+3. The number of rotatable bonds is 14. The second kappa shape index (κ2) is 13.1. The summed E-state index contributed by atoms with van der Waals surface area (Å²) in [6.07, 6.45) is 10.2. The van der Waals surface area contributed by atoms with E-state index in [1.807, 2.05) is 6.92 Å². The molecule has 6 N–H and O–H groups in total. The van der Waals surface area contributed by atoms with Gasteiger partial charge in [-0.05, 0) is 19.3 Å². The van der Waals surface area contributed by atoms with Crippen molar-refractivity contribution in [2.24, 2.45) is 0 Å². The van der Waals surface area contributed by atoms with Crippen LogP contribution in [0.15, 0.2) is 6.08 Å². The van der Waals surface area contributed by atoms with Gasteiger partial charge < -0.3 is 20.9 Å². The number of hydrogen-bond donors (Lipinski definition) is 2. The van der Waals surface area contributed by atoms with Gasteiger partial charge in [0.2, 0.25) is 6.23 Å². The Morgan fingerprint density at radius 3 is 2.81 bits per heavy atom.